The molecule has 1 atom stereocenters. The summed E-state index contributed by atoms with van der Waals surface area (Å²) in [7, 11) is 0. The second-order valence-electron chi connectivity index (χ2n) is 5.42. The molecule has 0 radical (unpaired) electrons. The minimum Gasteiger partial charge on any atom is -0.449 e. The van der Waals surface area contributed by atoms with E-state index in [2.05, 4.69) is 10.6 Å². The van der Waals surface area contributed by atoms with Gasteiger partial charge < -0.3 is 21.1 Å². The molecule has 7 nitrogen and oxygen atoms in total. The number of nitrogen functional groups attached to an aromatic ring is 1. The number of carbonyl (C=O) groups is 3. The first-order valence-electron chi connectivity index (χ1n) is 7.60. The minimum atomic E-state index is -0.972. The van der Waals surface area contributed by atoms with Crippen LogP contribution in [0.5, 0.6) is 0 Å². The third kappa shape index (κ3) is 5.35. The summed E-state index contributed by atoms with van der Waals surface area (Å²) in [6, 6.07) is 12.8. The molecule has 0 saturated heterocycles. The maximum atomic E-state index is 12.1. The van der Waals surface area contributed by atoms with Gasteiger partial charge >= 0.3 is 5.97 Å². The minimum absolute atomic E-state index is 0.181. The SMILES string of the molecule is CC(=O)Nc1ccc(NC(=O)[C@@H](C)OC(=O)c2ccc(N)cc2)cc1. The van der Waals surface area contributed by atoms with Gasteiger partial charge in [0.05, 0.1) is 5.56 Å². The molecule has 4 N–H and O–H groups in total. The summed E-state index contributed by atoms with van der Waals surface area (Å²) in [6.45, 7) is 2.89. The molecule has 2 aromatic carbocycles. The average Bonchev–Trinajstić information content (AvgIpc) is 2.56. The van der Waals surface area contributed by atoms with Crippen LogP contribution in [-0.4, -0.2) is 23.9 Å². The summed E-state index contributed by atoms with van der Waals surface area (Å²) in [4.78, 5) is 35.1. The van der Waals surface area contributed by atoms with E-state index >= 15 is 0 Å². The molecule has 0 saturated carbocycles. The van der Waals surface area contributed by atoms with Gasteiger partial charge in [0.2, 0.25) is 5.91 Å². The predicted octanol–water partition coefficient (Wildman–Crippen LogP) is 2.41. The molecule has 0 fully saturated rings. The van der Waals surface area contributed by atoms with Gasteiger partial charge in [-0.05, 0) is 55.5 Å². The van der Waals surface area contributed by atoms with Crippen LogP contribution in [0, 0.1) is 0 Å². The summed E-state index contributed by atoms with van der Waals surface area (Å²) in [5.74, 6) is -1.25. The molecular weight excluding hydrogens is 322 g/mol. The van der Waals surface area contributed by atoms with Crippen LogP contribution in [0.1, 0.15) is 24.2 Å². The second-order valence-corrected chi connectivity index (χ2v) is 5.42. The lowest BCUT2D eigenvalue weighted by Gasteiger charge is -2.14. The zero-order valence-corrected chi connectivity index (χ0v) is 13.9. The first kappa shape index (κ1) is 18.0. The highest BCUT2D eigenvalue weighted by atomic mass is 16.5. The molecule has 0 aromatic heterocycles. The fourth-order valence-corrected chi connectivity index (χ4v) is 1.99. The first-order valence-corrected chi connectivity index (χ1v) is 7.60. The Kier molecular flexibility index (Phi) is 5.73. The van der Waals surface area contributed by atoms with Crippen LogP contribution in [0.2, 0.25) is 0 Å². The number of hydrogen-bond acceptors (Lipinski definition) is 5. The fraction of sp³-hybridized carbons (Fsp3) is 0.167. The maximum absolute atomic E-state index is 12.1. The quantitative estimate of drug-likeness (QED) is 0.571. The Balaban J connectivity index is 1.92. The van der Waals surface area contributed by atoms with E-state index in [1.807, 2.05) is 0 Å². The highest BCUT2D eigenvalue weighted by Crippen LogP contribution is 2.14. The van der Waals surface area contributed by atoms with E-state index in [0.29, 0.717) is 22.6 Å². The lowest BCUT2D eigenvalue weighted by Crippen LogP contribution is -2.30. The predicted molar refractivity (Wildman–Crippen MR) is 95.1 cm³/mol. The number of esters is 1. The molecule has 2 rings (SSSR count). The van der Waals surface area contributed by atoms with Crippen molar-refractivity contribution < 1.29 is 19.1 Å². The normalized spacial score (nSPS) is 11.3. The van der Waals surface area contributed by atoms with Gasteiger partial charge in [-0.1, -0.05) is 0 Å². The van der Waals surface area contributed by atoms with Gasteiger partial charge in [0.15, 0.2) is 6.10 Å². The van der Waals surface area contributed by atoms with Crippen molar-refractivity contribution in [2.45, 2.75) is 20.0 Å². The summed E-state index contributed by atoms with van der Waals surface area (Å²) < 4.78 is 5.14. The lowest BCUT2D eigenvalue weighted by atomic mass is 10.2. The summed E-state index contributed by atoms with van der Waals surface area (Å²) in [6.07, 6.45) is -0.972. The molecule has 0 heterocycles. The molecule has 0 bridgehead atoms. The van der Waals surface area contributed by atoms with E-state index in [-0.39, 0.29) is 5.91 Å². The molecule has 25 heavy (non-hydrogen) atoms. The van der Waals surface area contributed by atoms with Gasteiger partial charge in [0.1, 0.15) is 0 Å². The van der Waals surface area contributed by atoms with Gasteiger partial charge in [0, 0.05) is 24.0 Å². The zero-order chi connectivity index (χ0) is 18.4. The van der Waals surface area contributed by atoms with Crippen LogP contribution in [0.25, 0.3) is 0 Å². The van der Waals surface area contributed by atoms with Gasteiger partial charge in [-0.2, -0.15) is 0 Å². The van der Waals surface area contributed by atoms with Crippen molar-refractivity contribution in [2.75, 3.05) is 16.4 Å². The number of rotatable bonds is 5. The van der Waals surface area contributed by atoms with Crippen LogP contribution in [0.3, 0.4) is 0 Å². The van der Waals surface area contributed by atoms with E-state index in [4.69, 9.17) is 10.5 Å². The van der Waals surface area contributed by atoms with Crippen LogP contribution < -0.4 is 16.4 Å². The Morgan fingerprint density at radius 2 is 1.44 bits per heavy atom. The number of amides is 2. The van der Waals surface area contributed by atoms with Gasteiger partial charge in [-0.25, -0.2) is 4.79 Å². The molecular formula is C18H19N3O4. The van der Waals surface area contributed by atoms with E-state index in [0.717, 1.165) is 0 Å². The fourth-order valence-electron chi connectivity index (χ4n) is 1.99. The number of anilines is 3. The van der Waals surface area contributed by atoms with Crippen LogP contribution in [-0.2, 0) is 14.3 Å². The van der Waals surface area contributed by atoms with E-state index in [1.165, 1.54) is 26.0 Å². The maximum Gasteiger partial charge on any atom is 0.338 e. The highest BCUT2D eigenvalue weighted by Gasteiger charge is 2.19. The molecule has 0 aliphatic rings. The number of hydrogen-bond donors (Lipinski definition) is 3. The van der Waals surface area contributed by atoms with E-state index in [9.17, 15) is 14.4 Å². The molecule has 0 unspecified atom stereocenters. The lowest BCUT2D eigenvalue weighted by molar-refractivity contribution is -0.123. The molecule has 130 valence electrons. The van der Waals surface area contributed by atoms with Crippen molar-refractivity contribution in [3.8, 4) is 0 Å². The summed E-state index contributed by atoms with van der Waals surface area (Å²) in [5, 5.41) is 5.27. The van der Waals surface area contributed by atoms with Gasteiger partial charge in [0.25, 0.3) is 5.91 Å². The smallest absolute Gasteiger partial charge is 0.338 e. The van der Waals surface area contributed by atoms with E-state index < -0.39 is 18.0 Å². The third-order valence-corrected chi connectivity index (χ3v) is 3.27. The van der Waals surface area contributed by atoms with Crippen molar-refractivity contribution >= 4 is 34.8 Å². The number of carbonyl (C=O) groups excluding carboxylic acids is 3. The van der Waals surface area contributed by atoms with Crippen LogP contribution in [0.15, 0.2) is 48.5 Å². The monoisotopic (exact) mass is 341 g/mol. The van der Waals surface area contributed by atoms with Crippen molar-refractivity contribution in [3.05, 3.63) is 54.1 Å². The number of nitrogens with two attached hydrogens (primary N) is 1. The molecule has 2 amide bonds. The molecule has 0 spiro atoms. The number of ether oxygens (including phenoxy) is 1. The summed E-state index contributed by atoms with van der Waals surface area (Å²) >= 11 is 0. The molecule has 7 heteroatoms. The Morgan fingerprint density at radius 3 is 1.96 bits per heavy atom. The average molecular weight is 341 g/mol. The third-order valence-electron chi connectivity index (χ3n) is 3.27. The largest absolute Gasteiger partial charge is 0.449 e. The number of benzene rings is 2. The second kappa shape index (κ2) is 7.96. The van der Waals surface area contributed by atoms with Crippen LogP contribution >= 0.6 is 0 Å². The Hall–Kier alpha value is -3.35. The molecule has 0 aliphatic heterocycles. The Labute approximate surface area is 145 Å². The topological polar surface area (TPSA) is 111 Å². The van der Waals surface area contributed by atoms with Gasteiger partial charge in [-0.3, -0.25) is 9.59 Å². The molecule has 2 aromatic rings. The van der Waals surface area contributed by atoms with Crippen molar-refractivity contribution in [3.63, 3.8) is 0 Å². The van der Waals surface area contributed by atoms with Gasteiger partial charge in [-0.15, -0.1) is 0 Å². The first-order chi connectivity index (χ1) is 11.8. The zero-order valence-electron chi connectivity index (χ0n) is 13.9. The number of nitrogens with one attached hydrogen (secondary N) is 2. The highest BCUT2D eigenvalue weighted by molar-refractivity contribution is 5.97. The van der Waals surface area contributed by atoms with Crippen molar-refractivity contribution in [1.82, 2.24) is 0 Å². The Bertz CT molecular complexity index is 770. The standard InChI is InChI=1S/C18H19N3O4/c1-11(25-18(24)13-3-5-14(19)6-4-13)17(23)21-16-9-7-15(8-10-16)20-12(2)22/h3-11H,19H2,1-2H3,(H,20,22)(H,21,23)/t11-/m1/s1. The summed E-state index contributed by atoms with van der Waals surface area (Å²) in [5.41, 5.74) is 7.55. The Morgan fingerprint density at radius 1 is 0.920 bits per heavy atom. The van der Waals surface area contributed by atoms with E-state index in [1.54, 1.807) is 36.4 Å². The van der Waals surface area contributed by atoms with Crippen molar-refractivity contribution in [1.29, 1.82) is 0 Å². The van der Waals surface area contributed by atoms with Crippen LogP contribution in [0.4, 0.5) is 17.1 Å². The molecule has 0 aliphatic carbocycles. The van der Waals surface area contributed by atoms with Crippen molar-refractivity contribution in [2.24, 2.45) is 0 Å².